The summed E-state index contributed by atoms with van der Waals surface area (Å²) in [7, 11) is 1.98. The van der Waals surface area contributed by atoms with Gasteiger partial charge in [0, 0.05) is 13.1 Å². The van der Waals surface area contributed by atoms with Gasteiger partial charge in [-0.05, 0) is 7.05 Å². The summed E-state index contributed by atoms with van der Waals surface area (Å²) in [6, 6.07) is 0. The maximum atomic E-state index is 9.93. The van der Waals surface area contributed by atoms with Crippen LogP contribution in [0, 0.1) is 0 Å². The molecule has 1 saturated heterocycles. The monoisotopic (exact) mass is 113 g/mol. The Morgan fingerprint density at radius 1 is 1.50 bits per heavy atom. The fourth-order valence-corrected chi connectivity index (χ4v) is 0.799. The van der Waals surface area contributed by atoms with Gasteiger partial charge in [0.2, 0.25) is 0 Å². The molecule has 0 N–H and O–H groups in total. The molecule has 1 fully saturated rings. The molecule has 1 aliphatic rings. The first-order valence-corrected chi connectivity index (χ1v) is 2.64. The summed E-state index contributed by atoms with van der Waals surface area (Å²) in [5.74, 6) is 0. The Kier molecular flexibility index (Phi) is 1.48. The van der Waals surface area contributed by atoms with Gasteiger partial charge in [-0.1, -0.05) is 0 Å². The molecule has 0 aromatic carbocycles. The number of amides is 1. The van der Waals surface area contributed by atoms with Crippen LogP contribution >= 0.6 is 0 Å². The Morgan fingerprint density at radius 2 is 2.25 bits per heavy atom. The lowest BCUT2D eigenvalue weighted by Crippen LogP contribution is -2.20. The van der Waals surface area contributed by atoms with Crippen LogP contribution in [0.5, 0.6) is 0 Å². The normalized spacial score (nSPS) is 21.9. The summed E-state index contributed by atoms with van der Waals surface area (Å²) in [5.41, 5.74) is 0. The summed E-state index contributed by atoms with van der Waals surface area (Å²) in [4.78, 5) is 13.6. The van der Waals surface area contributed by atoms with E-state index in [-0.39, 0.29) is 0 Å². The predicted molar refractivity (Wildman–Crippen MR) is 29.9 cm³/mol. The van der Waals surface area contributed by atoms with E-state index in [1.165, 1.54) is 0 Å². The van der Waals surface area contributed by atoms with Crippen molar-refractivity contribution in [2.75, 3.05) is 26.8 Å². The van der Waals surface area contributed by atoms with Crippen LogP contribution in [0.15, 0.2) is 0 Å². The maximum absolute atomic E-state index is 9.93. The minimum atomic E-state index is 0.740. The van der Waals surface area contributed by atoms with Crippen LogP contribution in [0.4, 0.5) is 0 Å². The zero-order chi connectivity index (χ0) is 5.98. The van der Waals surface area contributed by atoms with Crippen molar-refractivity contribution in [3.63, 3.8) is 0 Å². The molecular weight excluding hydrogens is 104 g/mol. The molecule has 1 amide bonds. The zero-order valence-electron chi connectivity index (χ0n) is 4.92. The lowest BCUT2D eigenvalue weighted by Gasteiger charge is -2.05. The van der Waals surface area contributed by atoms with Gasteiger partial charge < -0.3 is 4.90 Å². The average molecular weight is 113 g/mol. The summed E-state index contributed by atoms with van der Waals surface area (Å²) in [5, 5.41) is 0. The lowest BCUT2D eigenvalue weighted by atomic mass is 10.6. The molecule has 0 bridgehead atoms. The molecule has 3 heteroatoms. The van der Waals surface area contributed by atoms with E-state index in [2.05, 4.69) is 4.90 Å². The van der Waals surface area contributed by atoms with Gasteiger partial charge in [0.25, 0.3) is 0 Å². The Bertz CT molecular complexity index is 94.4. The number of carbonyl (C=O) groups excluding carboxylic acids is 1. The highest BCUT2D eigenvalue weighted by Gasteiger charge is 2.13. The van der Waals surface area contributed by atoms with Crippen LogP contribution in [0.2, 0.25) is 0 Å². The number of likely N-dealkylation sites (N-methyl/N-ethyl adjacent to an activating group) is 1. The first kappa shape index (κ1) is 5.56. The molecule has 1 aliphatic heterocycles. The maximum Gasteiger partial charge on any atom is 0.313 e. The number of hydrogen-bond donors (Lipinski definition) is 0. The van der Waals surface area contributed by atoms with Crippen LogP contribution in [-0.4, -0.2) is 43.0 Å². The Balaban J connectivity index is 2.32. The summed E-state index contributed by atoms with van der Waals surface area (Å²) in [6.45, 7) is 2.55. The second kappa shape index (κ2) is 2.13. The van der Waals surface area contributed by atoms with Gasteiger partial charge in [0.15, 0.2) is 0 Å². The minimum absolute atomic E-state index is 0.740. The van der Waals surface area contributed by atoms with Crippen LogP contribution in [0.25, 0.3) is 0 Å². The highest BCUT2D eigenvalue weighted by atomic mass is 16.1. The number of rotatable bonds is 1. The Hall–Kier alpha value is -0.570. The molecule has 0 aromatic heterocycles. The van der Waals surface area contributed by atoms with Crippen molar-refractivity contribution in [3.05, 3.63) is 0 Å². The van der Waals surface area contributed by atoms with Crippen molar-refractivity contribution in [1.82, 2.24) is 9.80 Å². The van der Waals surface area contributed by atoms with Crippen molar-refractivity contribution in [2.45, 2.75) is 0 Å². The summed E-state index contributed by atoms with van der Waals surface area (Å²) in [6.07, 6.45) is 1.84. The van der Waals surface area contributed by atoms with Gasteiger partial charge in [0.05, 0.1) is 6.67 Å². The van der Waals surface area contributed by atoms with Crippen molar-refractivity contribution in [1.29, 1.82) is 0 Å². The van der Waals surface area contributed by atoms with Gasteiger partial charge >= 0.3 is 6.41 Å². The number of nitrogens with zero attached hydrogens (tertiary/aromatic N) is 2. The van der Waals surface area contributed by atoms with Crippen LogP contribution in [0.3, 0.4) is 0 Å². The molecule has 0 atom stereocenters. The van der Waals surface area contributed by atoms with Crippen LogP contribution in [0.1, 0.15) is 0 Å². The van der Waals surface area contributed by atoms with Gasteiger partial charge in [-0.2, -0.15) is 0 Å². The quantitative estimate of drug-likeness (QED) is 0.447. The van der Waals surface area contributed by atoms with E-state index in [4.69, 9.17) is 0 Å². The highest BCUT2D eigenvalue weighted by Crippen LogP contribution is 1.96. The Morgan fingerprint density at radius 3 is 2.50 bits per heavy atom. The second-order valence-electron chi connectivity index (χ2n) is 2.08. The molecule has 0 aliphatic carbocycles. The van der Waals surface area contributed by atoms with Crippen molar-refractivity contribution in [3.8, 4) is 0 Å². The third-order valence-corrected chi connectivity index (χ3v) is 1.29. The van der Waals surface area contributed by atoms with E-state index in [1.54, 1.807) is 4.90 Å². The summed E-state index contributed by atoms with van der Waals surface area (Å²) >= 11 is 0. The van der Waals surface area contributed by atoms with Crippen molar-refractivity contribution >= 4 is 6.41 Å². The van der Waals surface area contributed by atoms with E-state index in [9.17, 15) is 4.79 Å². The molecule has 1 radical (unpaired) electrons. The Labute approximate surface area is 48.9 Å². The fraction of sp³-hybridized carbons (Fsp3) is 0.800. The lowest BCUT2D eigenvalue weighted by molar-refractivity contribution is 0.346. The predicted octanol–water partition coefficient (Wildman–Crippen LogP) is -0.742. The van der Waals surface area contributed by atoms with Crippen molar-refractivity contribution < 1.29 is 4.79 Å². The average Bonchev–Trinajstić information content (AvgIpc) is 2.14. The molecular formula is C5H9N2O. The molecule has 1 rings (SSSR count). The molecule has 45 valence electrons. The topological polar surface area (TPSA) is 23.6 Å². The largest absolute Gasteiger partial charge is 0.320 e. The second-order valence-corrected chi connectivity index (χ2v) is 2.08. The van der Waals surface area contributed by atoms with Crippen LogP contribution in [-0.2, 0) is 4.79 Å². The molecule has 1 heterocycles. The van der Waals surface area contributed by atoms with Gasteiger partial charge in [-0.15, -0.1) is 0 Å². The minimum Gasteiger partial charge on any atom is -0.320 e. The van der Waals surface area contributed by atoms with E-state index < -0.39 is 0 Å². The molecule has 3 nitrogen and oxygen atoms in total. The summed E-state index contributed by atoms with van der Waals surface area (Å²) < 4.78 is 0. The van der Waals surface area contributed by atoms with Crippen molar-refractivity contribution in [2.24, 2.45) is 0 Å². The SMILES string of the molecule is CN1CCN([C]=O)C1. The molecule has 0 unspecified atom stereocenters. The molecule has 0 aromatic rings. The standard InChI is InChI=1S/C5H9N2O/c1-6-2-3-7(4-6)5-8/h2-4H2,1H3. The first-order valence-electron chi connectivity index (χ1n) is 2.64. The van der Waals surface area contributed by atoms with E-state index >= 15 is 0 Å². The number of hydrogen-bond acceptors (Lipinski definition) is 2. The fourth-order valence-electron chi connectivity index (χ4n) is 0.799. The molecule has 0 spiro atoms. The highest BCUT2D eigenvalue weighted by molar-refractivity contribution is 5.48. The zero-order valence-corrected chi connectivity index (χ0v) is 4.92. The van der Waals surface area contributed by atoms with Gasteiger partial charge in [-0.25, -0.2) is 0 Å². The van der Waals surface area contributed by atoms with E-state index in [1.807, 2.05) is 13.5 Å². The third kappa shape index (κ3) is 0.980. The smallest absolute Gasteiger partial charge is 0.313 e. The third-order valence-electron chi connectivity index (χ3n) is 1.29. The first-order chi connectivity index (χ1) is 3.83. The van der Waals surface area contributed by atoms with Gasteiger partial charge in [-0.3, -0.25) is 9.69 Å². The van der Waals surface area contributed by atoms with Crippen LogP contribution < -0.4 is 0 Å². The van der Waals surface area contributed by atoms with Gasteiger partial charge in [0.1, 0.15) is 0 Å². The van der Waals surface area contributed by atoms with E-state index in [0.29, 0.717) is 0 Å². The molecule has 0 saturated carbocycles. The molecule has 8 heavy (non-hydrogen) atoms. The van der Waals surface area contributed by atoms with E-state index in [0.717, 1.165) is 19.8 Å².